The molecule has 5 heteroatoms. The summed E-state index contributed by atoms with van der Waals surface area (Å²) in [4.78, 5) is 14.5. The van der Waals surface area contributed by atoms with E-state index < -0.39 is 11.8 Å². The van der Waals surface area contributed by atoms with Crippen LogP contribution in [0.3, 0.4) is 0 Å². The average molecular weight is 207 g/mol. The second-order valence-corrected chi connectivity index (χ2v) is 3.42. The molecule has 0 spiro atoms. The first kappa shape index (κ1) is 9.82. The lowest BCUT2D eigenvalue weighted by Crippen LogP contribution is -2.25. The van der Waals surface area contributed by atoms with Gasteiger partial charge in [-0.3, -0.25) is 9.79 Å². The van der Waals surface area contributed by atoms with E-state index in [2.05, 4.69) is 4.99 Å². The summed E-state index contributed by atoms with van der Waals surface area (Å²) in [5.74, 6) is -2.93. The molecule has 0 amide bonds. The smallest absolute Gasteiger partial charge is 0.309 e. The van der Waals surface area contributed by atoms with Gasteiger partial charge in [0.15, 0.2) is 0 Å². The number of carbonyl (C=O) groups is 1. The molecule has 0 unspecified atom stereocenters. The Morgan fingerprint density at radius 1 is 1.47 bits per heavy atom. The Balaban J connectivity index is 2.28. The van der Waals surface area contributed by atoms with Gasteiger partial charge in [-0.2, -0.15) is 0 Å². The highest BCUT2D eigenvalue weighted by atomic mass is 16.5. The predicted molar refractivity (Wildman–Crippen MR) is 52.2 cm³/mol. The van der Waals surface area contributed by atoms with E-state index in [1.807, 2.05) is 0 Å². The van der Waals surface area contributed by atoms with E-state index in [9.17, 15) is 15.0 Å². The average Bonchev–Trinajstić information content (AvgIpc) is 2.42. The SMILES string of the molecule is O=C(O)CC1=CC2=CC(O)(O)C=CC2=N1. The molecule has 1 aliphatic carbocycles. The second-order valence-electron chi connectivity index (χ2n) is 3.42. The molecule has 0 atom stereocenters. The van der Waals surface area contributed by atoms with Crippen molar-refractivity contribution in [2.75, 3.05) is 0 Å². The summed E-state index contributed by atoms with van der Waals surface area (Å²) in [7, 11) is 0. The van der Waals surface area contributed by atoms with Crippen molar-refractivity contribution in [2.24, 2.45) is 4.99 Å². The van der Waals surface area contributed by atoms with Crippen LogP contribution in [0.5, 0.6) is 0 Å². The summed E-state index contributed by atoms with van der Waals surface area (Å²) in [6.45, 7) is 0. The minimum Gasteiger partial charge on any atom is -0.481 e. The van der Waals surface area contributed by atoms with Crippen LogP contribution in [-0.4, -0.2) is 32.8 Å². The Hall–Kier alpha value is -1.72. The van der Waals surface area contributed by atoms with Crippen molar-refractivity contribution in [1.82, 2.24) is 0 Å². The molecule has 0 aromatic carbocycles. The van der Waals surface area contributed by atoms with E-state index in [-0.39, 0.29) is 6.42 Å². The minimum atomic E-state index is -1.97. The van der Waals surface area contributed by atoms with Crippen molar-refractivity contribution in [3.05, 3.63) is 35.6 Å². The maximum atomic E-state index is 10.4. The molecule has 2 aliphatic rings. The number of nitrogens with zero attached hydrogens (tertiary/aromatic N) is 1. The molecule has 15 heavy (non-hydrogen) atoms. The molecule has 1 heterocycles. The van der Waals surface area contributed by atoms with Crippen LogP contribution in [0.4, 0.5) is 0 Å². The van der Waals surface area contributed by atoms with Crippen LogP contribution in [0.2, 0.25) is 0 Å². The van der Waals surface area contributed by atoms with Gasteiger partial charge in [-0.15, -0.1) is 0 Å². The van der Waals surface area contributed by atoms with Gasteiger partial charge in [-0.25, -0.2) is 0 Å². The molecule has 0 saturated carbocycles. The number of fused-ring (bicyclic) bond motifs is 1. The van der Waals surface area contributed by atoms with Crippen molar-refractivity contribution in [1.29, 1.82) is 0 Å². The minimum absolute atomic E-state index is 0.168. The van der Waals surface area contributed by atoms with Gasteiger partial charge in [0.1, 0.15) is 0 Å². The Labute approximate surface area is 85.4 Å². The Bertz CT molecular complexity index is 440. The fourth-order valence-corrected chi connectivity index (χ4v) is 1.48. The van der Waals surface area contributed by atoms with Gasteiger partial charge in [-0.1, -0.05) is 0 Å². The molecule has 0 aromatic rings. The number of carboxylic acids is 1. The standard InChI is InChI=1S/C10H9NO4/c12-9(13)4-7-3-6-5-10(14,15)2-1-8(6)11-7/h1-3,5,14-15H,4H2,(H,12,13). The molecule has 3 N–H and O–H groups in total. The molecule has 0 radical (unpaired) electrons. The van der Waals surface area contributed by atoms with Gasteiger partial charge in [-0.05, 0) is 24.3 Å². The summed E-state index contributed by atoms with van der Waals surface area (Å²) in [5.41, 5.74) is 1.51. The molecule has 5 nitrogen and oxygen atoms in total. The van der Waals surface area contributed by atoms with Crippen LogP contribution in [0, 0.1) is 0 Å². The number of aliphatic carboxylic acids is 1. The second kappa shape index (κ2) is 3.15. The molecule has 78 valence electrons. The van der Waals surface area contributed by atoms with E-state index in [1.165, 1.54) is 24.3 Å². The van der Waals surface area contributed by atoms with Crippen molar-refractivity contribution < 1.29 is 20.1 Å². The van der Waals surface area contributed by atoms with Gasteiger partial charge in [0.2, 0.25) is 5.79 Å². The largest absolute Gasteiger partial charge is 0.481 e. The summed E-state index contributed by atoms with van der Waals surface area (Å²) in [6, 6.07) is 0. The third kappa shape index (κ3) is 2.03. The summed E-state index contributed by atoms with van der Waals surface area (Å²) in [5, 5.41) is 27.1. The number of hydrogen-bond acceptors (Lipinski definition) is 4. The van der Waals surface area contributed by atoms with Crippen LogP contribution in [0.1, 0.15) is 6.42 Å². The van der Waals surface area contributed by atoms with Crippen molar-refractivity contribution >= 4 is 11.7 Å². The molecule has 0 aromatic heterocycles. The fraction of sp³-hybridized carbons (Fsp3) is 0.200. The number of rotatable bonds is 2. The van der Waals surface area contributed by atoms with E-state index in [0.29, 0.717) is 17.0 Å². The third-order valence-electron chi connectivity index (χ3n) is 2.07. The maximum absolute atomic E-state index is 10.4. The number of aliphatic imine (C=N–C) groups is 1. The van der Waals surface area contributed by atoms with Crippen LogP contribution in [-0.2, 0) is 4.79 Å². The summed E-state index contributed by atoms with van der Waals surface area (Å²) in [6.07, 6.45) is 5.24. The Kier molecular flexibility index (Phi) is 2.06. The first-order chi connectivity index (χ1) is 6.96. The quantitative estimate of drug-likeness (QED) is 0.555. The molecule has 2 rings (SSSR count). The first-order valence-electron chi connectivity index (χ1n) is 4.34. The van der Waals surface area contributed by atoms with E-state index >= 15 is 0 Å². The number of aliphatic hydroxyl groups is 2. The highest BCUT2D eigenvalue weighted by Crippen LogP contribution is 2.25. The van der Waals surface area contributed by atoms with Crippen molar-refractivity contribution in [3.8, 4) is 0 Å². The summed E-state index contributed by atoms with van der Waals surface area (Å²) < 4.78 is 0. The lowest BCUT2D eigenvalue weighted by atomic mass is 10.0. The van der Waals surface area contributed by atoms with Gasteiger partial charge in [0.25, 0.3) is 0 Å². The van der Waals surface area contributed by atoms with E-state index in [4.69, 9.17) is 5.11 Å². The van der Waals surface area contributed by atoms with Gasteiger partial charge in [0.05, 0.1) is 17.8 Å². The van der Waals surface area contributed by atoms with Gasteiger partial charge < -0.3 is 15.3 Å². The maximum Gasteiger partial charge on any atom is 0.309 e. The molecule has 0 bridgehead atoms. The number of allylic oxidation sites excluding steroid dienone is 3. The zero-order chi connectivity index (χ0) is 11.1. The molecule has 0 fully saturated rings. The van der Waals surface area contributed by atoms with Crippen LogP contribution >= 0.6 is 0 Å². The number of hydrogen-bond donors (Lipinski definition) is 3. The molecule has 1 aliphatic heterocycles. The first-order valence-corrected chi connectivity index (χ1v) is 4.34. The highest BCUT2D eigenvalue weighted by Gasteiger charge is 2.25. The zero-order valence-corrected chi connectivity index (χ0v) is 7.71. The van der Waals surface area contributed by atoms with E-state index in [0.717, 1.165) is 0 Å². The van der Waals surface area contributed by atoms with Gasteiger partial charge in [0, 0.05) is 5.57 Å². The molecular weight excluding hydrogens is 198 g/mol. The van der Waals surface area contributed by atoms with Crippen molar-refractivity contribution in [3.63, 3.8) is 0 Å². The molecule has 0 saturated heterocycles. The molecular formula is C10H9NO4. The summed E-state index contributed by atoms with van der Waals surface area (Å²) >= 11 is 0. The number of carboxylic acid groups (broad SMARTS) is 1. The lowest BCUT2D eigenvalue weighted by molar-refractivity contribution is -0.136. The normalized spacial score (nSPS) is 21.6. The Morgan fingerprint density at radius 2 is 2.20 bits per heavy atom. The van der Waals surface area contributed by atoms with Gasteiger partial charge >= 0.3 is 5.97 Å². The predicted octanol–water partition coefficient (Wildman–Crippen LogP) is -0.0233. The van der Waals surface area contributed by atoms with Crippen molar-refractivity contribution in [2.45, 2.75) is 12.2 Å². The zero-order valence-electron chi connectivity index (χ0n) is 7.71. The van der Waals surface area contributed by atoms with Crippen LogP contribution in [0.25, 0.3) is 0 Å². The lowest BCUT2D eigenvalue weighted by Gasteiger charge is -2.17. The Morgan fingerprint density at radius 3 is 2.87 bits per heavy atom. The fourth-order valence-electron chi connectivity index (χ4n) is 1.48. The topological polar surface area (TPSA) is 90.1 Å². The van der Waals surface area contributed by atoms with Crippen LogP contribution in [0.15, 0.2) is 40.6 Å². The van der Waals surface area contributed by atoms with E-state index in [1.54, 1.807) is 0 Å². The third-order valence-corrected chi connectivity index (χ3v) is 2.07. The monoisotopic (exact) mass is 207 g/mol. The highest BCUT2D eigenvalue weighted by molar-refractivity contribution is 6.14. The van der Waals surface area contributed by atoms with Crippen LogP contribution < -0.4 is 0 Å².